The number of esters is 1. The molecule has 1 heterocycles. The minimum absolute atomic E-state index is 0.333. The molecule has 1 aliphatic rings. The van der Waals surface area contributed by atoms with Gasteiger partial charge in [-0.15, -0.1) is 0 Å². The van der Waals surface area contributed by atoms with E-state index in [1.54, 1.807) is 6.92 Å². The molecule has 0 spiro atoms. The summed E-state index contributed by atoms with van der Waals surface area (Å²) < 4.78 is 10.2. The summed E-state index contributed by atoms with van der Waals surface area (Å²) in [6.07, 6.45) is 3.07. The molecule has 17 heavy (non-hydrogen) atoms. The highest BCUT2D eigenvalue weighted by Crippen LogP contribution is 2.27. The van der Waals surface area contributed by atoms with Crippen LogP contribution < -0.4 is 5.73 Å². The largest absolute Gasteiger partial charge is 0.468 e. The summed E-state index contributed by atoms with van der Waals surface area (Å²) in [6.45, 7) is 4.71. The van der Waals surface area contributed by atoms with E-state index in [0.29, 0.717) is 17.8 Å². The van der Waals surface area contributed by atoms with Crippen molar-refractivity contribution >= 4 is 17.7 Å². The van der Waals surface area contributed by atoms with E-state index in [9.17, 15) is 4.79 Å². The fraction of sp³-hybridized carbons (Fsp3) is 0.917. The van der Waals surface area contributed by atoms with Gasteiger partial charge in [0.2, 0.25) is 0 Å². The van der Waals surface area contributed by atoms with Gasteiger partial charge >= 0.3 is 5.97 Å². The number of rotatable bonds is 6. The van der Waals surface area contributed by atoms with Crippen LogP contribution in [0.15, 0.2) is 0 Å². The van der Waals surface area contributed by atoms with Crippen LogP contribution in [0.2, 0.25) is 0 Å². The van der Waals surface area contributed by atoms with Crippen LogP contribution in [0.4, 0.5) is 0 Å². The van der Waals surface area contributed by atoms with Gasteiger partial charge in [-0.25, -0.2) is 0 Å². The monoisotopic (exact) mass is 261 g/mol. The van der Waals surface area contributed by atoms with Crippen LogP contribution in [0.1, 0.15) is 33.1 Å². The summed E-state index contributed by atoms with van der Waals surface area (Å²) in [4.78, 5) is 11.4. The van der Waals surface area contributed by atoms with Crippen molar-refractivity contribution in [1.29, 1.82) is 0 Å². The van der Waals surface area contributed by atoms with Crippen LogP contribution in [0.3, 0.4) is 0 Å². The first-order chi connectivity index (χ1) is 7.97. The molecule has 0 aliphatic carbocycles. The molecule has 2 N–H and O–H groups in total. The van der Waals surface area contributed by atoms with E-state index < -0.39 is 5.54 Å². The Balaban J connectivity index is 2.17. The Bertz CT molecular complexity index is 258. The first-order valence-electron chi connectivity index (χ1n) is 6.08. The summed E-state index contributed by atoms with van der Waals surface area (Å²) in [7, 11) is 1.37. The lowest BCUT2D eigenvalue weighted by Crippen LogP contribution is -2.45. The van der Waals surface area contributed by atoms with E-state index in [1.807, 2.05) is 11.8 Å². The number of thioether (sulfide) groups is 1. The Kier molecular flexibility index (Phi) is 5.76. The van der Waals surface area contributed by atoms with Crippen LogP contribution in [-0.4, -0.2) is 42.3 Å². The molecule has 0 aromatic carbocycles. The first kappa shape index (κ1) is 14.8. The lowest BCUT2D eigenvalue weighted by Gasteiger charge is -2.21. The molecule has 0 bridgehead atoms. The molecular formula is C12H23NO3S. The van der Waals surface area contributed by atoms with Gasteiger partial charge in [0.1, 0.15) is 5.54 Å². The predicted molar refractivity (Wildman–Crippen MR) is 70.1 cm³/mol. The normalized spacial score (nSPS) is 27.8. The molecule has 100 valence electrons. The summed E-state index contributed by atoms with van der Waals surface area (Å²) in [5.41, 5.74) is 5.03. The Labute approximate surface area is 108 Å². The number of hydrogen-bond acceptors (Lipinski definition) is 5. The molecule has 0 amide bonds. The molecule has 0 aromatic rings. The Morgan fingerprint density at radius 2 is 2.35 bits per heavy atom. The van der Waals surface area contributed by atoms with Crippen molar-refractivity contribution in [2.24, 2.45) is 5.73 Å². The zero-order valence-electron chi connectivity index (χ0n) is 10.9. The van der Waals surface area contributed by atoms with Crippen molar-refractivity contribution in [3.63, 3.8) is 0 Å². The highest BCUT2D eigenvalue weighted by atomic mass is 32.2. The summed E-state index contributed by atoms with van der Waals surface area (Å²) in [6, 6.07) is 0. The van der Waals surface area contributed by atoms with Crippen molar-refractivity contribution in [2.45, 2.75) is 50.0 Å². The third kappa shape index (κ3) is 4.48. The lowest BCUT2D eigenvalue weighted by molar-refractivity contribution is -0.146. The molecule has 3 atom stereocenters. The third-order valence-electron chi connectivity index (χ3n) is 3.13. The number of carbonyl (C=O) groups excluding carboxylic acids is 1. The van der Waals surface area contributed by atoms with Crippen molar-refractivity contribution in [2.75, 3.05) is 19.5 Å². The van der Waals surface area contributed by atoms with Gasteiger partial charge in [-0.05, 0) is 38.9 Å². The van der Waals surface area contributed by atoms with Gasteiger partial charge in [0.05, 0.1) is 13.2 Å². The standard InChI is InChI=1S/C12H23NO3S/c1-9-10(5-7-16-9)17-8-4-6-12(2,13)11(14)15-3/h9-10H,4-8,13H2,1-3H3. The van der Waals surface area contributed by atoms with Gasteiger partial charge in [0.25, 0.3) is 0 Å². The molecule has 3 unspecified atom stereocenters. The number of ether oxygens (including phenoxy) is 2. The fourth-order valence-electron chi connectivity index (χ4n) is 1.94. The second kappa shape index (κ2) is 6.61. The van der Waals surface area contributed by atoms with Crippen molar-refractivity contribution in [3.05, 3.63) is 0 Å². The van der Waals surface area contributed by atoms with E-state index in [1.165, 1.54) is 7.11 Å². The number of nitrogens with two attached hydrogens (primary N) is 1. The van der Waals surface area contributed by atoms with E-state index in [2.05, 4.69) is 11.7 Å². The van der Waals surface area contributed by atoms with Crippen LogP contribution in [0.25, 0.3) is 0 Å². The fourth-order valence-corrected chi connectivity index (χ4v) is 3.17. The maximum Gasteiger partial charge on any atom is 0.325 e. The maximum atomic E-state index is 11.4. The molecule has 1 saturated heterocycles. The highest BCUT2D eigenvalue weighted by Gasteiger charge is 2.29. The molecule has 1 fully saturated rings. The smallest absolute Gasteiger partial charge is 0.325 e. The van der Waals surface area contributed by atoms with Crippen LogP contribution >= 0.6 is 11.8 Å². The molecule has 1 rings (SSSR count). The van der Waals surface area contributed by atoms with Gasteiger partial charge < -0.3 is 15.2 Å². The van der Waals surface area contributed by atoms with Crippen molar-refractivity contribution < 1.29 is 14.3 Å². The average Bonchev–Trinajstić information content (AvgIpc) is 2.69. The van der Waals surface area contributed by atoms with E-state index in [0.717, 1.165) is 25.2 Å². The topological polar surface area (TPSA) is 61.5 Å². The molecule has 0 saturated carbocycles. The Morgan fingerprint density at radius 1 is 1.65 bits per heavy atom. The second-order valence-corrected chi connectivity index (χ2v) is 6.13. The van der Waals surface area contributed by atoms with Crippen LogP contribution in [0.5, 0.6) is 0 Å². The van der Waals surface area contributed by atoms with Gasteiger partial charge in [-0.1, -0.05) is 0 Å². The zero-order chi connectivity index (χ0) is 12.9. The lowest BCUT2D eigenvalue weighted by atomic mass is 9.98. The van der Waals surface area contributed by atoms with Gasteiger partial charge in [-0.3, -0.25) is 4.79 Å². The minimum atomic E-state index is -0.854. The molecule has 0 aromatic heterocycles. The SMILES string of the molecule is COC(=O)C(C)(N)CCCSC1CCOC1C. The second-order valence-electron chi connectivity index (χ2n) is 4.79. The van der Waals surface area contributed by atoms with Gasteiger partial charge in [0.15, 0.2) is 0 Å². The van der Waals surface area contributed by atoms with Crippen molar-refractivity contribution in [3.8, 4) is 0 Å². The Hall–Kier alpha value is -0.260. The summed E-state index contributed by atoms with van der Waals surface area (Å²) in [5, 5.41) is 0.595. The Morgan fingerprint density at radius 3 is 2.88 bits per heavy atom. The number of carbonyl (C=O) groups is 1. The van der Waals surface area contributed by atoms with Gasteiger partial charge in [0, 0.05) is 11.9 Å². The first-order valence-corrected chi connectivity index (χ1v) is 7.13. The van der Waals surface area contributed by atoms with Gasteiger partial charge in [-0.2, -0.15) is 11.8 Å². The van der Waals surface area contributed by atoms with E-state index in [-0.39, 0.29) is 5.97 Å². The molecule has 0 radical (unpaired) electrons. The molecule has 4 nitrogen and oxygen atoms in total. The molecule has 1 aliphatic heterocycles. The predicted octanol–water partition coefficient (Wildman–Crippen LogP) is 1.57. The zero-order valence-corrected chi connectivity index (χ0v) is 11.7. The van der Waals surface area contributed by atoms with Crippen LogP contribution in [-0.2, 0) is 14.3 Å². The average molecular weight is 261 g/mol. The summed E-state index contributed by atoms with van der Waals surface area (Å²) in [5.74, 6) is 0.683. The van der Waals surface area contributed by atoms with E-state index in [4.69, 9.17) is 10.5 Å². The number of methoxy groups -OCH3 is 1. The molecule has 5 heteroatoms. The maximum absolute atomic E-state index is 11.4. The quantitative estimate of drug-likeness (QED) is 0.581. The summed E-state index contributed by atoms with van der Waals surface area (Å²) >= 11 is 1.92. The minimum Gasteiger partial charge on any atom is -0.468 e. The number of hydrogen-bond donors (Lipinski definition) is 1. The van der Waals surface area contributed by atoms with Crippen molar-refractivity contribution in [1.82, 2.24) is 0 Å². The third-order valence-corrected chi connectivity index (χ3v) is 4.70. The van der Waals surface area contributed by atoms with Crippen LogP contribution in [0, 0.1) is 0 Å². The van der Waals surface area contributed by atoms with E-state index >= 15 is 0 Å². The molecular weight excluding hydrogens is 238 g/mol. The highest BCUT2D eigenvalue weighted by molar-refractivity contribution is 7.99.